The fourth-order valence-electron chi connectivity index (χ4n) is 2.50. The second kappa shape index (κ2) is 6.86. The molecule has 6 nitrogen and oxygen atoms in total. The molecule has 2 rings (SSSR count). The summed E-state index contributed by atoms with van der Waals surface area (Å²) >= 11 is 0. The van der Waals surface area contributed by atoms with E-state index in [1.54, 1.807) is 6.92 Å². The fraction of sp³-hybridized carbons (Fsp3) is 0.211. The molecule has 6 heteroatoms. The SMILES string of the molecule is C=CC(C)(CO)c1cc(CC(=O)c2ccc(O)cc2O)c(O)cc1O. The van der Waals surface area contributed by atoms with E-state index in [0.29, 0.717) is 5.56 Å². The number of aliphatic hydroxyl groups excluding tert-OH is 1. The van der Waals surface area contributed by atoms with Crippen molar-refractivity contribution in [1.82, 2.24) is 0 Å². The molecule has 0 heterocycles. The molecule has 0 aliphatic heterocycles. The van der Waals surface area contributed by atoms with Gasteiger partial charge in [-0.3, -0.25) is 4.79 Å². The van der Waals surface area contributed by atoms with Gasteiger partial charge >= 0.3 is 0 Å². The van der Waals surface area contributed by atoms with E-state index in [1.165, 1.54) is 24.3 Å². The predicted octanol–water partition coefficient (Wildman–Crippen LogP) is 2.37. The van der Waals surface area contributed by atoms with E-state index in [2.05, 4.69) is 6.58 Å². The van der Waals surface area contributed by atoms with Gasteiger partial charge in [-0.25, -0.2) is 0 Å². The summed E-state index contributed by atoms with van der Waals surface area (Å²) in [6, 6.07) is 6.14. The van der Waals surface area contributed by atoms with Gasteiger partial charge in [0.1, 0.15) is 23.0 Å². The monoisotopic (exact) mass is 344 g/mol. The number of phenolic OH excluding ortho intramolecular Hbond substituents is 4. The summed E-state index contributed by atoms with van der Waals surface area (Å²) in [7, 11) is 0. The van der Waals surface area contributed by atoms with Crippen LogP contribution in [0.3, 0.4) is 0 Å². The zero-order chi connectivity index (χ0) is 18.8. The first kappa shape index (κ1) is 18.4. The van der Waals surface area contributed by atoms with Crippen molar-refractivity contribution in [2.45, 2.75) is 18.8 Å². The summed E-state index contributed by atoms with van der Waals surface area (Å²) in [5, 5.41) is 48.8. The normalized spacial score (nSPS) is 13.2. The summed E-state index contributed by atoms with van der Waals surface area (Å²) in [5.41, 5.74) is -0.399. The van der Waals surface area contributed by atoms with Crippen LogP contribution in [-0.4, -0.2) is 37.9 Å². The van der Waals surface area contributed by atoms with E-state index in [-0.39, 0.29) is 47.2 Å². The summed E-state index contributed by atoms with van der Waals surface area (Å²) in [6.45, 7) is 4.98. The number of Topliss-reactive ketones (excluding diaryl/α,β-unsaturated/α-hetero) is 1. The summed E-state index contributed by atoms with van der Waals surface area (Å²) in [4.78, 5) is 12.4. The first-order valence-electron chi connectivity index (χ1n) is 7.57. The molecule has 5 N–H and O–H groups in total. The maximum atomic E-state index is 12.4. The van der Waals surface area contributed by atoms with E-state index in [1.807, 2.05) is 0 Å². The number of aliphatic hydroxyl groups is 1. The Morgan fingerprint density at radius 2 is 1.76 bits per heavy atom. The van der Waals surface area contributed by atoms with Crippen LogP contribution in [-0.2, 0) is 11.8 Å². The third-order valence-corrected chi connectivity index (χ3v) is 4.22. The zero-order valence-corrected chi connectivity index (χ0v) is 13.7. The molecule has 0 fully saturated rings. The maximum absolute atomic E-state index is 12.4. The summed E-state index contributed by atoms with van der Waals surface area (Å²) in [5.74, 6) is -1.52. The topological polar surface area (TPSA) is 118 Å². The second-order valence-corrected chi connectivity index (χ2v) is 6.08. The quantitative estimate of drug-likeness (QED) is 0.405. The molecule has 0 saturated carbocycles. The summed E-state index contributed by atoms with van der Waals surface area (Å²) < 4.78 is 0. The average Bonchev–Trinajstić information content (AvgIpc) is 2.56. The van der Waals surface area contributed by atoms with Gasteiger partial charge in [0.25, 0.3) is 0 Å². The van der Waals surface area contributed by atoms with Gasteiger partial charge in [-0.05, 0) is 25.1 Å². The van der Waals surface area contributed by atoms with Gasteiger partial charge in [0.05, 0.1) is 12.2 Å². The number of hydrogen-bond donors (Lipinski definition) is 5. The molecule has 1 atom stereocenters. The van der Waals surface area contributed by atoms with Gasteiger partial charge < -0.3 is 25.5 Å². The predicted molar refractivity (Wildman–Crippen MR) is 92.2 cm³/mol. The van der Waals surface area contributed by atoms with Gasteiger partial charge in [0, 0.05) is 35.1 Å². The van der Waals surface area contributed by atoms with Crippen LogP contribution >= 0.6 is 0 Å². The van der Waals surface area contributed by atoms with Crippen molar-refractivity contribution in [2.75, 3.05) is 6.61 Å². The van der Waals surface area contributed by atoms with E-state index >= 15 is 0 Å². The molecule has 1 unspecified atom stereocenters. The highest BCUT2D eigenvalue weighted by Crippen LogP contribution is 2.37. The largest absolute Gasteiger partial charge is 0.508 e. The second-order valence-electron chi connectivity index (χ2n) is 6.08. The molecular formula is C19H20O6. The molecule has 0 saturated heterocycles. The molecule has 0 spiro atoms. The van der Waals surface area contributed by atoms with Crippen LogP contribution in [0.15, 0.2) is 43.0 Å². The zero-order valence-electron chi connectivity index (χ0n) is 13.7. The van der Waals surface area contributed by atoms with Crippen molar-refractivity contribution in [3.8, 4) is 23.0 Å². The molecule has 0 aliphatic rings. The van der Waals surface area contributed by atoms with Crippen molar-refractivity contribution >= 4 is 5.78 Å². The van der Waals surface area contributed by atoms with Gasteiger partial charge in [0.2, 0.25) is 0 Å². The first-order valence-corrected chi connectivity index (χ1v) is 7.57. The Morgan fingerprint density at radius 1 is 1.08 bits per heavy atom. The lowest BCUT2D eigenvalue weighted by Crippen LogP contribution is -2.24. The highest BCUT2D eigenvalue weighted by atomic mass is 16.3. The van der Waals surface area contributed by atoms with Crippen molar-refractivity contribution < 1.29 is 30.3 Å². The van der Waals surface area contributed by atoms with Gasteiger partial charge in [-0.1, -0.05) is 6.08 Å². The maximum Gasteiger partial charge on any atom is 0.171 e. The Balaban J connectivity index is 2.42. The van der Waals surface area contributed by atoms with Crippen molar-refractivity contribution in [3.05, 3.63) is 59.7 Å². The minimum absolute atomic E-state index is 0.000431. The number of aromatic hydroxyl groups is 4. The van der Waals surface area contributed by atoms with Crippen molar-refractivity contribution in [1.29, 1.82) is 0 Å². The number of rotatable bonds is 6. The third kappa shape index (κ3) is 3.59. The van der Waals surface area contributed by atoms with Crippen LogP contribution in [0.5, 0.6) is 23.0 Å². The fourth-order valence-corrected chi connectivity index (χ4v) is 2.50. The molecule has 0 radical (unpaired) electrons. The smallest absolute Gasteiger partial charge is 0.171 e. The standard InChI is InChI=1S/C19H20O6/c1-3-19(2,10-20)14-6-11(15(22)9-18(14)25)7-16(23)13-5-4-12(21)8-17(13)24/h3-6,8-9,20-22,24-25H,1,7,10H2,2H3. The lowest BCUT2D eigenvalue weighted by atomic mass is 9.81. The number of carbonyl (C=O) groups is 1. The average molecular weight is 344 g/mol. The number of ketones is 1. The van der Waals surface area contributed by atoms with Crippen LogP contribution in [0.1, 0.15) is 28.4 Å². The lowest BCUT2D eigenvalue weighted by molar-refractivity contribution is 0.0989. The van der Waals surface area contributed by atoms with E-state index < -0.39 is 11.2 Å². The van der Waals surface area contributed by atoms with Crippen molar-refractivity contribution in [2.24, 2.45) is 0 Å². The molecule has 25 heavy (non-hydrogen) atoms. The number of carbonyl (C=O) groups excluding carboxylic acids is 1. The Labute approximate surface area is 144 Å². The molecule has 0 aromatic heterocycles. The third-order valence-electron chi connectivity index (χ3n) is 4.22. The Kier molecular flexibility index (Phi) is 5.04. The first-order chi connectivity index (χ1) is 11.7. The lowest BCUT2D eigenvalue weighted by Gasteiger charge is -2.25. The Bertz CT molecular complexity index is 827. The molecule has 132 valence electrons. The van der Waals surface area contributed by atoms with Crippen LogP contribution in [0.25, 0.3) is 0 Å². The highest BCUT2D eigenvalue weighted by molar-refractivity contribution is 6.00. The van der Waals surface area contributed by atoms with Gasteiger partial charge in [0.15, 0.2) is 5.78 Å². The van der Waals surface area contributed by atoms with Crippen LogP contribution in [0.4, 0.5) is 0 Å². The van der Waals surface area contributed by atoms with E-state index in [0.717, 1.165) is 12.1 Å². The molecule has 0 aliphatic carbocycles. The van der Waals surface area contributed by atoms with Crippen LogP contribution in [0, 0.1) is 0 Å². The molecular weight excluding hydrogens is 324 g/mol. The molecule has 2 aromatic rings. The van der Waals surface area contributed by atoms with Crippen molar-refractivity contribution in [3.63, 3.8) is 0 Å². The molecule has 0 amide bonds. The number of benzene rings is 2. The summed E-state index contributed by atoms with van der Waals surface area (Å²) in [6.07, 6.45) is 1.23. The van der Waals surface area contributed by atoms with E-state index in [9.17, 15) is 30.3 Å². The highest BCUT2D eigenvalue weighted by Gasteiger charge is 2.27. The van der Waals surface area contributed by atoms with E-state index in [4.69, 9.17) is 0 Å². The number of hydrogen-bond acceptors (Lipinski definition) is 6. The minimum atomic E-state index is -0.948. The van der Waals surface area contributed by atoms with Crippen LogP contribution in [0.2, 0.25) is 0 Å². The van der Waals surface area contributed by atoms with Crippen LogP contribution < -0.4 is 0 Å². The Morgan fingerprint density at radius 3 is 2.32 bits per heavy atom. The molecule has 0 bridgehead atoms. The number of phenols is 4. The van der Waals surface area contributed by atoms with Gasteiger partial charge in [-0.2, -0.15) is 0 Å². The van der Waals surface area contributed by atoms with Gasteiger partial charge in [-0.15, -0.1) is 6.58 Å². The molecule has 2 aromatic carbocycles. The minimum Gasteiger partial charge on any atom is -0.508 e. The Hall–Kier alpha value is -2.99.